The molecular formula is C24H20N6O4S. The second kappa shape index (κ2) is 8.76. The lowest BCUT2D eigenvalue weighted by Crippen LogP contribution is -2.22. The third-order valence-electron chi connectivity index (χ3n) is 5.93. The molecule has 3 heterocycles. The molecule has 0 atom stereocenters. The molecule has 0 aliphatic carbocycles. The molecule has 0 saturated heterocycles. The summed E-state index contributed by atoms with van der Waals surface area (Å²) in [6.07, 6.45) is 3.98. The second-order valence-corrected chi connectivity index (χ2v) is 9.15. The molecule has 1 aliphatic rings. The molecule has 11 heteroatoms. The van der Waals surface area contributed by atoms with E-state index in [1.807, 2.05) is 24.3 Å². The van der Waals surface area contributed by atoms with E-state index in [1.165, 1.54) is 17.8 Å². The number of rotatable bonds is 7. The number of aromatic amines is 1. The molecule has 2 aromatic heterocycles. The topological polar surface area (TPSA) is 160 Å². The van der Waals surface area contributed by atoms with Crippen LogP contribution in [0.4, 0.5) is 5.69 Å². The number of benzene rings is 2. The molecule has 2 aromatic carbocycles. The molecule has 4 aromatic rings. The van der Waals surface area contributed by atoms with Gasteiger partial charge >= 0.3 is 0 Å². The number of para-hydroxylation sites is 2. The first-order valence-electron chi connectivity index (χ1n) is 10.8. The minimum Gasteiger partial charge on any atom is -0.379 e. The van der Waals surface area contributed by atoms with Gasteiger partial charge in [-0.15, -0.1) is 0 Å². The fraction of sp³-hybridized carbons (Fsp3) is 0.125. The first kappa shape index (κ1) is 22.4. The van der Waals surface area contributed by atoms with E-state index in [4.69, 9.17) is 11.1 Å². The monoisotopic (exact) mass is 488 g/mol. The highest BCUT2D eigenvalue weighted by Crippen LogP contribution is 2.40. The van der Waals surface area contributed by atoms with Crippen LogP contribution >= 0.6 is 11.8 Å². The van der Waals surface area contributed by atoms with Gasteiger partial charge in [-0.25, -0.2) is 0 Å². The fourth-order valence-electron chi connectivity index (χ4n) is 4.53. The third kappa shape index (κ3) is 3.85. The van der Waals surface area contributed by atoms with Crippen molar-refractivity contribution in [2.75, 3.05) is 5.75 Å². The molecule has 0 spiro atoms. The minimum atomic E-state index is -0.548. The summed E-state index contributed by atoms with van der Waals surface area (Å²) < 4.78 is 1.74. The number of hydrogen-bond donors (Lipinski definition) is 4. The van der Waals surface area contributed by atoms with E-state index < -0.39 is 16.7 Å². The molecule has 0 unspecified atom stereocenters. The van der Waals surface area contributed by atoms with Crippen LogP contribution in [0.25, 0.3) is 33.0 Å². The van der Waals surface area contributed by atoms with Gasteiger partial charge in [-0.1, -0.05) is 42.1 Å². The van der Waals surface area contributed by atoms with Gasteiger partial charge in [0, 0.05) is 58.2 Å². The van der Waals surface area contributed by atoms with E-state index >= 15 is 0 Å². The number of aryl methyl sites for hydroxylation is 1. The summed E-state index contributed by atoms with van der Waals surface area (Å²) >= 11 is 1.19. The number of nitro benzene ring substituents is 1. The Morgan fingerprint density at radius 1 is 1.06 bits per heavy atom. The van der Waals surface area contributed by atoms with Gasteiger partial charge in [-0.05, 0) is 12.5 Å². The van der Waals surface area contributed by atoms with Crippen LogP contribution in [0.1, 0.15) is 17.5 Å². The number of carbonyl (C=O) groups excluding carboxylic acids is 2. The van der Waals surface area contributed by atoms with Crippen LogP contribution in [-0.2, 0) is 16.1 Å². The number of nitrogens with zero attached hydrogens (tertiary/aromatic N) is 2. The highest BCUT2D eigenvalue weighted by Gasteiger charge is 2.35. The minimum absolute atomic E-state index is 0.00343. The molecule has 176 valence electrons. The predicted molar refractivity (Wildman–Crippen MR) is 136 cm³/mol. The molecule has 5 rings (SSSR count). The number of fused-ring (bicyclic) bond motifs is 2. The summed E-state index contributed by atoms with van der Waals surface area (Å²) in [5.41, 5.74) is 7.96. The summed E-state index contributed by atoms with van der Waals surface area (Å²) in [6, 6.07) is 12.2. The van der Waals surface area contributed by atoms with Gasteiger partial charge in [0.15, 0.2) is 5.17 Å². The average molecular weight is 489 g/mol. The van der Waals surface area contributed by atoms with Crippen LogP contribution < -0.4 is 11.1 Å². The summed E-state index contributed by atoms with van der Waals surface area (Å²) in [5.74, 6) is -0.500. The van der Waals surface area contributed by atoms with Crippen LogP contribution in [-0.4, -0.2) is 37.2 Å². The van der Waals surface area contributed by atoms with Crippen molar-refractivity contribution < 1.29 is 14.5 Å². The van der Waals surface area contributed by atoms with Gasteiger partial charge in [0.1, 0.15) is 5.52 Å². The van der Waals surface area contributed by atoms with Crippen LogP contribution in [0, 0.1) is 15.5 Å². The third-order valence-corrected chi connectivity index (χ3v) is 6.74. The Hall–Kier alpha value is -4.38. The Morgan fingerprint density at radius 3 is 2.51 bits per heavy atom. The molecule has 0 saturated carbocycles. The SMILES string of the molecule is N=C(N)SCCCn1cc(C2=C(c3c[nH]c4ccccc34)C(=O)NC2=O)c2cccc([N+](=O)[O-])c21. The number of hydrogen-bond acceptors (Lipinski definition) is 6. The second-order valence-electron chi connectivity index (χ2n) is 8.01. The van der Waals surface area contributed by atoms with Gasteiger partial charge in [0.05, 0.1) is 16.1 Å². The smallest absolute Gasteiger partial charge is 0.293 e. The van der Waals surface area contributed by atoms with Gasteiger partial charge in [-0.3, -0.25) is 30.4 Å². The lowest BCUT2D eigenvalue weighted by Gasteiger charge is -2.05. The number of aromatic nitrogens is 2. The van der Waals surface area contributed by atoms with E-state index in [2.05, 4.69) is 10.3 Å². The van der Waals surface area contributed by atoms with Crippen molar-refractivity contribution in [3.05, 3.63) is 76.1 Å². The number of non-ortho nitro benzene ring substituents is 1. The quantitative estimate of drug-likeness (QED) is 0.0776. The zero-order chi connectivity index (χ0) is 24.7. The zero-order valence-electron chi connectivity index (χ0n) is 18.3. The number of nitrogens with two attached hydrogens (primary N) is 1. The van der Waals surface area contributed by atoms with Crippen molar-refractivity contribution in [3.63, 3.8) is 0 Å². The van der Waals surface area contributed by atoms with E-state index in [9.17, 15) is 19.7 Å². The maximum absolute atomic E-state index is 13.0. The van der Waals surface area contributed by atoms with Gasteiger partial charge in [-0.2, -0.15) is 0 Å². The lowest BCUT2D eigenvalue weighted by atomic mass is 9.95. The molecule has 0 bridgehead atoms. The Kier molecular flexibility index (Phi) is 5.61. The highest BCUT2D eigenvalue weighted by molar-refractivity contribution is 8.13. The lowest BCUT2D eigenvalue weighted by molar-refractivity contribution is -0.383. The Morgan fingerprint density at radius 2 is 1.77 bits per heavy atom. The molecule has 2 amide bonds. The zero-order valence-corrected chi connectivity index (χ0v) is 19.1. The van der Waals surface area contributed by atoms with Gasteiger partial charge < -0.3 is 15.3 Å². The number of nitro groups is 1. The standard InChI is InChI=1S/C24H20N6O4S/c25-24(26)35-10-4-9-29-12-16(14-6-3-8-18(21(14)29)30(33)34)20-19(22(31)28-23(20)32)15-11-27-17-7-2-1-5-13(15)17/h1-3,5-8,11-12,27H,4,9-10H2,(H3,25,26)(H,28,31,32). The first-order chi connectivity index (χ1) is 16.9. The maximum Gasteiger partial charge on any atom is 0.293 e. The normalized spacial score (nSPS) is 13.7. The van der Waals surface area contributed by atoms with Crippen molar-refractivity contribution in [3.8, 4) is 0 Å². The number of H-pyrrole nitrogens is 1. The molecule has 0 fully saturated rings. The Labute approximate surface area is 202 Å². The van der Waals surface area contributed by atoms with Crippen LogP contribution in [0.15, 0.2) is 54.9 Å². The fourth-order valence-corrected chi connectivity index (χ4v) is 5.02. The number of amides is 2. The number of nitrogens with one attached hydrogen (secondary N) is 3. The van der Waals surface area contributed by atoms with Crippen LogP contribution in [0.3, 0.4) is 0 Å². The van der Waals surface area contributed by atoms with Crippen molar-refractivity contribution >= 4 is 67.4 Å². The van der Waals surface area contributed by atoms with E-state index in [1.54, 1.807) is 29.1 Å². The van der Waals surface area contributed by atoms with Crippen molar-refractivity contribution in [1.82, 2.24) is 14.9 Å². The van der Waals surface area contributed by atoms with Gasteiger partial charge in [0.2, 0.25) is 0 Å². The number of carbonyl (C=O) groups is 2. The van der Waals surface area contributed by atoms with E-state index in [0.717, 1.165) is 10.9 Å². The molecule has 0 radical (unpaired) electrons. The van der Waals surface area contributed by atoms with E-state index in [0.29, 0.717) is 40.7 Å². The number of amidine groups is 1. The summed E-state index contributed by atoms with van der Waals surface area (Å²) in [7, 11) is 0. The van der Waals surface area contributed by atoms with Crippen molar-refractivity contribution in [2.24, 2.45) is 5.73 Å². The molecule has 1 aliphatic heterocycles. The molecule has 10 nitrogen and oxygen atoms in total. The number of thioether (sulfide) groups is 1. The van der Waals surface area contributed by atoms with Crippen LogP contribution in [0.5, 0.6) is 0 Å². The molecule has 35 heavy (non-hydrogen) atoms. The van der Waals surface area contributed by atoms with Crippen molar-refractivity contribution in [1.29, 1.82) is 5.41 Å². The number of imide groups is 1. The Balaban J connectivity index is 1.72. The maximum atomic E-state index is 13.0. The largest absolute Gasteiger partial charge is 0.379 e. The van der Waals surface area contributed by atoms with Crippen LogP contribution in [0.2, 0.25) is 0 Å². The first-order valence-corrected chi connectivity index (χ1v) is 11.7. The van der Waals surface area contributed by atoms with Gasteiger partial charge in [0.25, 0.3) is 17.5 Å². The summed E-state index contributed by atoms with van der Waals surface area (Å²) in [5, 5.41) is 22.9. The Bertz CT molecular complexity index is 1580. The molecule has 5 N–H and O–H groups in total. The summed E-state index contributed by atoms with van der Waals surface area (Å²) in [4.78, 5) is 40.5. The van der Waals surface area contributed by atoms with E-state index in [-0.39, 0.29) is 22.0 Å². The summed E-state index contributed by atoms with van der Waals surface area (Å²) in [6.45, 7) is 0.410. The average Bonchev–Trinajstić information content (AvgIpc) is 3.49. The molecular weight excluding hydrogens is 468 g/mol. The van der Waals surface area contributed by atoms with Crippen molar-refractivity contribution in [2.45, 2.75) is 13.0 Å². The predicted octanol–water partition coefficient (Wildman–Crippen LogP) is 3.61. The highest BCUT2D eigenvalue weighted by atomic mass is 32.2.